The molecule has 0 aromatic carbocycles. The smallest absolute Gasteiger partial charge is 0.0947 e. The van der Waals surface area contributed by atoms with Crippen LogP contribution >= 0.6 is 0 Å². The Morgan fingerprint density at radius 1 is 1.27 bits per heavy atom. The Morgan fingerprint density at radius 3 is 2.53 bits per heavy atom. The van der Waals surface area contributed by atoms with Crippen molar-refractivity contribution in [2.24, 2.45) is 0 Å². The van der Waals surface area contributed by atoms with Crippen LogP contribution in [0.15, 0.2) is 23.4 Å². The first-order chi connectivity index (χ1) is 7.29. The predicted molar refractivity (Wildman–Crippen MR) is 57.8 cm³/mol. The van der Waals surface area contributed by atoms with Gasteiger partial charge in [-0.3, -0.25) is 0 Å². The van der Waals surface area contributed by atoms with Gasteiger partial charge < -0.3 is 10.0 Å². The fourth-order valence-electron chi connectivity index (χ4n) is 2.14. The number of likely N-dealkylation sites (tertiary alicyclic amines) is 1. The van der Waals surface area contributed by atoms with E-state index in [1.165, 1.54) is 5.70 Å². The van der Waals surface area contributed by atoms with Crippen molar-refractivity contribution in [1.29, 1.82) is 5.26 Å². The van der Waals surface area contributed by atoms with Gasteiger partial charge in [0.15, 0.2) is 0 Å². The summed E-state index contributed by atoms with van der Waals surface area (Å²) in [6, 6.07) is 2.19. The van der Waals surface area contributed by atoms with Gasteiger partial charge in [-0.1, -0.05) is 0 Å². The minimum absolute atomic E-state index is 0.115. The molecule has 1 N–H and O–H groups in total. The van der Waals surface area contributed by atoms with Crippen molar-refractivity contribution in [3.63, 3.8) is 0 Å². The highest BCUT2D eigenvalue weighted by atomic mass is 16.3. The minimum atomic E-state index is -0.115. The normalized spacial score (nSPS) is 23.1. The van der Waals surface area contributed by atoms with E-state index in [-0.39, 0.29) is 6.10 Å². The summed E-state index contributed by atoms with van der Waals surface area (Å²) in [5.41, 5.74) is 2.19. The quantitative estimate of drug-likeness (QED) is 0.705. The van der Waals surface area contributed by atoms with Gasteiger partial charge in [-0.05, 0) is 37.8 Å². The number of nitriles is 1. The van der Waals surface area contributed by atoms with Crippen molar-refractivity contribution in [3.05, 3.63) is 23.4 Å². The summed E-state index contributed by atoms with van der Waals surface area (Å²) >= 11 is 0. The van der Waals surface area contributed by atoms with Crippen LogP contribution in [0.5, 0.6) is 0 Å². The number of allylic oxidation sites excluding steroid dienone is 4. The van der Waals surface area contributed by atoms with E-state index in [0.717, 1.165) is 44.3 Å². The maximum atomic E-state index is 9.40. The molecule has 0 spiro atoms. The molecule has 0 bridgehead atoms. The summed E-state index contributed by atoms with van der Waals surface area (Å²) in [7, 11) is 0. The van der Waals surface area contributed by atoms with Crippen LogP contribution in [-0.4, -0.2) is 29.2 Å². The summed E-state index contributed by atoms with van der Waals surface area (Å²) in [5, 5.41) is 18.1. The molecule has 0 saturated carbocycles. The van der Waals surface area contributed by atoms with Crippen LogP contribution in [0.3, 0.4) is 0 Å². The Bertz CT molecular complexity index is 330. The third-order valence-corrected chi connectivity index (χ3v) is 3.14. The molecular formula is C12H16N2O. The molecule has 1 saturated heterocycles. The summed E-state index contributed by atoms with van der Waals surface area (Å²) in [4.78, 5) is 2.33. The fourth-order valence-corrected chi connectivity index (χ4v) is 2.14. The van der Waals surface area contributed by atoms with E-state index in [1.54, 1.807) is 0 Å². The number of hydrogen-bond acceptors (Lipinski definition) is 3. The topological polar surface area (TPSA) is 47.3 Å². The molecule has 2 rings (SSSR count). The second-order valence-corrected chi connectivity index (χ2v) is 4.18. The molecule has 0 aromatic rings. The molecule has 15 heavy (non-hydrogen) atoms. The monoisotopic (exact) mass is 204 g/mol. The first-order valence-corrected chi connectivity index (χ1v) is 5.52. The van der Waals surface area contributed by atoms with Crippen LogP contribution < -0.4 is 0 Å². The lowest BCUT2D eigenvalue weighted by Crippen LogP contribution is -2.35. The molecule has 0 aromatic heterocycles. The molecule has 0 atom stereocenters. The summed E-state index contributed by atoms with van der Waals surface area (Å²) in [6.45, 7) is 1.89. The molecule has 3 heteroatoms. The highest BCUT2D eigenvalue weighted by Gasteiger charge is 2.19. The van der Waals surface area contributed by atoms with Gasteiger partial charge in [0.05, 0.1) is 12.2 Å². The highest BCUT2D eigenvalue weighted by molar-refractivity contribution is 5.32. The lowest BCUT2D eigenvalue weighted by atomic mass is 10.0. The molecule has 2 aliphatic rings. The first kappa shape index (κ1) is 10.3. The minimum Gasteiger partial charge on any atom is -0.393 e. The number of aliphatic hydroxyl groups is 1. The van der Waals surface area contributed by atoms with Crippen molar-refractivity contribution >= 4 is 0 Å². The molecule has 1 aliphatic carbocycles. The fraction of sp³-hybridized carbons (Fsp3) is 0.583. The molecule has 80 valence electrons. The lowest BCUT2D eigenvalue weighted by molar-refractivity contribution is 0.0955. The number of rotatable bonds is 1. The van der Waals surface area contributed by atoms with Crippen LogP contribution in [0.25, 0.3) is 0 Å². The van der Waals surface area contributed by atoms with Gasteiger partial charge in [-0.15, -0.1) is 0 Å². The average molecular weight is 204 g/mol. The lowest BCUT2D eigenvalue weighted by Gasteiger charge is -2.34. The zero-order chi connectivity index (χ0) is 10.7. The summed E-state index contributed by atoms with van der Waals surface area (Å²) in [6.07, 6.45) is 7.43. The summed E-state index contributed by atoms with van der Waals surface area (Å²) < 4.78 is 0. The van der Waals surface area contributed by atoms with E-state index >= 15 is 0 Å². The molecular weight excluding hydrogens is 188 g/mol. The number of piperidine rings is 1. The first-order valence-electron chi connectivity index (χ1n) is 5.52. The number of hydrogen-bond donors (Lipinski definition) is 1. The second-order valence-electron chi connectivity index (χ2n) is 4.18. The van der Waals surface area contributed by atoms with Crippen molar-refractivity contribution in [2.45, 2.75) is 31.8 Å². The van der Waals surface area contributed by atoms with Gasteiger partial charge in [0, 0.05) is 24.4 Å². The molecule has 1 fully saturated rings. The van der Waals surface area contributed by atoms with E-state index in [2.05, 4.69) is 17.0 Å². The van der Waals surface area contributed by atoms with E-state index < -0.39 is 0 Å². The number of nitrogens with zero attached hydrogens (tertiary/aromatic N) is 2. The predicted octanol–water partition coefficient (Wildman–Crippen LogP) is 1.57. The van der Waals surface area contributed by atoms with Crippen LogP contribution in [0.4, 0.5) is 0 Å². The van der Waals surface area contributed by atoms with Gasteiger partial charge in [0.25, 0.3) is 0 Å². The van der Waals surface area contributed by atoms with E-state index in [4.69, 9.17) is 5.26 Å². The Kier molecular flexibility index (Phi) is 3.08. The van der Waals surface area contributed by atoms with Crippen LogP contribution in [-0.2, 0) is 0 Å². The van der Waals surface area contributed by atoms with Crippen molar-refractivity contribution < 1.29 is 5.11 Å². The van der Waals surface area contributed by atoms with Crippen LogP contribution in [0.1, 0.15) is 25.7 Å². The molecule has 0 radical (unpaired) electrons. The van der Waals surface area contributed by atoms with Crippen LogP contribution in [0.2, 0.25) is 0 Å². The Morgan fingerprint density at radius 2 is 2.00 bits per heavy atom. The van der Waals surface area contributed by atoms with Crippen molar-refractivity contribution in [3.8, 4) is 6.07 Å². The standard InChI is InChI=1S/C12H16N2O/c13-9-10-1-3-11(4-2-10)14-7-5-12(15)6-8-14/h1,3,12,15H,2,4-8H2. The highest BCUT2D eigenvalue weighted by Crippen LogP contribution is 2.23. The Balaban J connectivity index is 1.98. The van der Waals surface area contributed by atoms with Gasteiger partial charge >= 0.3 is 0 Å². The van der Waals surface area contributed by atoms with E-state index in [1.807, 2.05) is 6.08 Å². The third kappa shape index (κ3) is 2.40. The van der Waals surface area contributed by atoms with E-state index in [0.29, 0.717) is 0 Å². The zero-order valence-electron chi connectivity index (χ0n) is 8.82. The maximum absolute atomic E-state index is 9.40. The van der Waals surface area contributed by atoms with Gasteiger partial charge in [-0.25, -0.2) is 0 Å². The van der Waals surface area contributed by atoms with Gasteiger partial charge in [0.2, 0.25) is 0 Å². The Hall–Kier alpha value is -1.27. The third-order valence-electron chi connectivity index (χ3n) is 3.14. The Labute approximate surface area is 90.3 Å². The van der Waals surface area contributed by atoms with Gasteiger partial charge in [-0.2, -0.15) is 5.26 Å². The van der Waals surface area contributed by atoms with Crippen LogP contribution in [0, 0.1) is 11.3 Å². The summed E-state index contributed by atoms with van der Waals surface area (Å²) in [5.74, 6) is 0. The second kappa shape index (κ2) is 4.50. The van der Waals surface area contributed by atoms with E-state index in [9.17, 15) is 5.11 Å². The SMILES string of the molecule is N#CC1=CC=C(N2CCC(O)CC2)CC1. The molecule has 3 nitrogen and oxygen atoms in total. The molecule has 0 unspecified atom stereocenters. The number of aliphatic hydroxyl groups excluding tert-OH is 1. The van der Waals surface area contributed by atoms with Crippen molar-refractivity contribution in [1.82, 2.24) is 4.90 Å². The molecule has 0 amide bonds. The maximum Gasteiger partial charge on any atom is 0.0947 e. The van der Waals surface area contributed by atoms with Gasteiger partial charge in [0.1, 0.15) is 0 Å². The molecule has 1 aliphatic heterocycles. The largest absolute Gasteiger partial charge is 0.393 e. The molecule has 1 heterocycles. The zero-order valence-corrected chi connectivity index (χ0v) is 8.82. The van der Waals surface area contributed by atoms with Crippen molar-refractivity contribution in [2.75, 3.05) is 13.1 Å². The average Bonchev–Trinajstić information content (AvgIpc) is 2.30.